The Morgan fingerprint density at radius 1 is 1.43 bits per heavy atom. The maximum atomic E-state index is 4.16. The Morgan fingerprint density at radius 3 is 3.00 bits per heavy atom. The van der Waals surface area contributed by atoms with E-state index >= 15 is 0 Å². The van der Waals surface area contributed by atoms with Gasteiger partial charge in [0.05, 0.1) is 0 Å². The van der Waals surface area contributed by atoms with Gasteiger partial charge in [0, 0.05) is 13.6 Å². The number of nitrogens with one attached hydrogen (secondary N) is 1. The third kappa shape index (κ3) is 1.28. The van der Waals surface area contributed by atoms with E-state index in [0.717, 1.165) is 29.9 Å². The second-order valence-corrected chi connectivity index (χ2v) is 2.96. The van der Waals surface area contributed by atoms with Crippen LogP contribution in [0.15, 0.2) is 6.33 Å². The molecule has 0 aliphatic heterocycles. The third-order valence-electron chi connectivity index (χ3n) is 1.97. The van der Waals surface area contributed by atoms with Crippen molar-refractivity contribution >= 4 is 17.0 Å². The summed E-state index contributed by atoms with van der Waals surface area (Å²) in [5, 5.41) is 11.0. The lowest BCUT2D eigenvalue weighted by Gasteiger charge is -1.99. The summed E-state index contributed by atoms with van der Waals surface area (Å²) in [6.07, 6.45) is 2.53. The average molecular weight is 192 g/mol. The predicted octanol–water partition coefficient (Wildman–Crippen LogP) is 0.673. The van der Waals surface area contributed by atoms with Gasteiger partial charge in [-0.25, -0.2) is 14.6 Å². The monoisotopic (exact) mass is 192 g/mol. The van der Waals surface area contributed by atoms with Crippen LogP contribution in [0.2, 0.25) is 0 Å². The minimum atomic E-state index is 0.720. The van der Waals surface area contributed by atoms with Crippen molar-refractivity contribution < 1.29 is 0 Å². The maximum Gasteiger partial charge on any atom is 0.183 e. The second-order valence-electron chi connectivity index (χ2n) is 2.96. The number of fused-ring (bicyclic) bond motifs is 1. The minimum Gasteiger partial charge on any atom is -0.371 e. The number of hydrogen-bond donors (Lipinski definition) is 1. The van der Waals surface area contributed by atoms with E-state index in [-0.39, 0.29) is 0 Å². The maximum absolute atomic E-state index is 4.16. The lowest BCUT2D eigenvalue weighted by Crippen LogP contribution is -2.01. The van der Waals surface area contributed by atoms with Gasteiger partial charge in [0.25, 0.3) is 0 Å². The summed E-state index contributed by atoms with van der Waals surface area (Å²) in [5.74, 6) is 0.720. The van der Waals surface area contributed by atoms with Gasteiger partial charge in [0.2, 0.25) is 0 Å². The van der Waals surface area contributed by atoms with Crippen LogP contribution in [0.25, 0.3) is 11.2 Å². The molecule has 0 aliphatic carbocycles. The molecule has 0 saturated carbocycles. The van der Waals surface area contributed by atoms with Crippen LogP contribution in [-0.2, 0) is 6.54 Å². The molecule has 2 aromatic heterocycles. The number of anilines is 1. The van der Waals surface area contributed by atoms with Crippen LogP contribution in [0.4, 0.5) is 5.82 Å². The first kappa shape index (κ1) is 8.86. The zero-order valence-electron chi connectivity index (χ0n) is 8.23. The molecule has 0 amide bonds. The van der Waals surface area contributed by atoms with Gasteiger partial charge in [-0.1, -0.05) is 12.1 Å². The second kappa shape index (κ2) is 3.57. The highest BCUT2D eigenvalue weighted by atomic mass is 15.4. The summed E-state index contributed by atoms with van der Waals surface area (Å²) in [5.41, 5.74) is 1.51. The Labute approximate surface area is 81.4 Å². The van der Waals surface area contributed by atoms with E-state index in [9.17, 15) is 0 Å². The number of nitrogens with zero attached hydrogens (tertiary/aromatic N) is 5. The van der Waals surface area contributed by atoms with Crippen molar-refractivity contribution in [2.45, 2.75) is 19.9 Å². The van der Waals surface area contributed by atoms with Gasteiger partial charge < -0.3 is 5.32 Å². The molecule has 0 radical (unpaired) electrons. The number of aryl methyl sites for hydroxylation is 1. The first-order valence-electron chi connectivity index (χ1n) is 4.58. The Kier molecular flexibility index (Phi) is 2.26. The molecule has 2 aromatic rings. The number of rotatable bonds is 3. The molecule has 0 bridgehead atoms. The van der Waals surface area contributed by atoms with Gasteiger partial charge in [-0.05, 0) is 6.42 Å². The minimum absolute atomic E-state index is 0.720. The van der Waals surface area contributed by atoms with E-state index in [4.69, 9.17) is 0 Å². The number of aromatic nitrogens is 5. The zero-order valence-corrected chi connectivity index (χ0v) is 8.23. The Morgan fingerprint density at radius 2 is 2.29 bits per heavy atom. The fourth-order valence-electron chi connectivity index (χ4n) is 1.34. The summed E-state index contributed by atoms with van der Waals surface area (Å²) < 4.78 is 1.79. The molecule has 6 heteroatoms. The molecule has 0 spiro atoms. The molecule has 6 nitrogen and oxygen atoms in total. The highest BCUT2D eigenvalue weighted by Gasteiger charge is 2.09. The molecule has 2 heterocycles. The standard InChI is InChI=1S/C8H12N6/c1-3-4-14-8-6(12-13-14)7(9-2)10-5-11-8/h5H,3-4H2,1-2H3,(H,9,10,11). The van der Waals surface area contributed by atoms with Gasteiger partial charge >= 0.3 is 0 Å². The molecule has 0 aliphatic rings. The fourth-order valence-corrected chi connectivity index (χ4v) is 1.34. The molecule has 2 rings (SSSR count). The molecule has 0 aromatic carbocycles. The molecular formula is C8H12N6. The van der Waals surface area contributed by atoms with Crippen molar-refractivity contribution in [1.29, 1.82) is 0 Å². The fraction of sp³-hybridized carbons (Fsp3) is 0.500. The van der Waals surface area contributed by atoms with Gasteiger partial charge in [0.1, 0.15) is 6.33 Å². The van der Waals surface area contributed by atoms with Crippen LogP contribution in [0.3, 0.4) is 0 Å². The normalized spacial score (nSPS) is 10.7. The molecule has 0 atom stereocenters. The van der Waals surface area contributed by atoms with Crippen molar-refractivity contribution in [1.82, 2.24) is 25.0 Å². The quantitative estimate of drug-likeness (QED) is 0.774. The Bertz CT molecular complexity index is 434. The van der Waals surface area contributed by atoms with Crippen molar-refractivity contribution in [3.63, 3.8) is 0 Å². The SMILES string of the molecule is CCCn1nnc2c(NC)ncnc21. The lowest BCUT2D eigenvalue weighted by molar-refractivity contribution is 0.591. The first-order chi connectivity index (χ1) is 6.86. The van der Waals surface area contributed by atoms with E-state index < -0.39 is 0 Å². The largest absolute Gasteiger partial charge is 0.371 e. The van der Waals surface area contributed by atoms with Gasteiger partial charge in [-0.3, -0.25) is 0 Å². The summed E-state index contributed by atoms with van der Waals surface area (Å²) in [7, 11) is 1.81. The molecule has 0 saturated heterocycles. The van der Waals surface area contributed by atoms with Crippen LogP contribution in [0.1, 0.15) is 13.3 Å². The molecule has 14 heavy (non-hydrogen) atoms. The highest BCUT2D eigenvalue weighted by Crippen LogP contribution is 2.14. The van der Waals surface area contributed by atoms with Crippen molar-refractivity contribution in [2.24, 2.45) is 0 Å². The van der Waals surface area contributed by atoms with E-state index in [1.807, 2.05) is 0 Å². The van der Waals surface area contributed by atoms with Crippen molar-refractivity contribution in [3.05, 3.63) is 6.33 Å². The predicted molar refractivity (Wildman–Crippen MR) is 53.0 cm³/mol. The third-order valence-corrected chi connectivity index (χ3v) is 1.97. The average Bonchev–Trinajstić information content (AvgIpc) is 2.62. The van der Waals surface area contributed by atoms with Gasteiger partial charge in [-0.2, -0.15) is 0 Å². The van der Waals surface area contributed by atoms with E-state index in [1.165, 1.54) is 6.33 Å². The topological polar surface area (TPSA) is 68.5 Å². The van der Waals surface area contributed by atoms with Crippen LogP contribution in [0.5, 0.6) is 0 Å². The Balaban J connectivity index is 2.57. The van der Waals surface area contributed by atoms with E-state index in [2.05, 4.69) is 32.5 Å². The molecule has 74 valence electrons. The summed E-state index contributed by atoms with van der Waals surface area (Å²) in [4.78, 5) is 8.22. The summed E-state index contributed by atoms with van der Waals surface area (Å²) in [6.45, 7) is 2.92. The van der Waals surface area contributed by atoms with Crippen LogP contribution >= 0.6 is 0 Å². The lowest BCUT2D eigenvalue weighted by atomic mass is 10.4. The van der Waals surface area contributed by atoms with Crippen LogP contribution in [-0.4, -0.2) is 32.0 Å². The molecule has 0 fully saturated rings. The van der Waals surface area contributed by atoms with E-state index in [1.54, 1.807) is 11.7 Å². The molecular weight excluding hydrogens is 180 g/mol. The van der Waals surface area contributed by atoms with Gasteiger partial charge in [-0.15, -0.1) is 5.10 Å². The van der Waals surface area contributed by atoms with Crippen molar-refractivity contribution in [2.75, 3.05) is 12.4 Å². The van der Waals surface area contributed by atoms with Gasteiger partial charge in [0.15, 0.2) is 17.0 Å². The highest BCUT2D eigenvalue weighted by molar-refractivity contribution is 5.81. The first-order valence-corrected chi connectivity index (χ1v) is 4.58. The van der Waals surface area contributed by atoms with E-state index in [0.29, 0.717) is 0 Å². The van der Waals surface area contributed by atoms with Crippen LogP contribution in [0, 0.1) is 0 Å². The summed E-state index contributed by atoms with van der Waals surface area (Å²) in [6, 6.07) is 0. The Hall–Kier alpha value is -1.72. The molecule has 1 N–H and O–H groups in total. The van der Waals surface area contributed by atoms with Crippen LogP contribution < -0.4 is 5.32 Å². The van der Waals surface area contributed by atoms with Crippen molar-refractivity contribution in [3.8, 4) is 0 Å². The summed E-state index contributed by atoms with van der Waals surface area (Å²) >= 11 is 0. The molecule has 0 unspecified atom stereocenters. The number of hydrogen-bond acceptors (Lipinski definition) is 5. The smallest absolute Gasteiger partial charge is 0.183 e. The zero-order chi connectivity index (χ0) is 9.97.